The van der Waals surface area contributed by atoms with Crippen LogP contribution in [-0.2, 0) is 12.8 Å². The van der Waals surface area contributed by atoms with E-state index < -0.39 is 0 Å². The van der Waals surface area contributed by atoms with Gasteiger partial charge < -0.3 is 5.32 Å². The molecule has 1 atom stereocenters. The Morgan fingerprint density at radius 2 is 2.00 bits per heavy atom. The number of hydrogen-bond donors (Lipinski definition) is 1. The minimum atomic E-state index is -0.182. The molecule has 0 radical (unpaired) electrons. The third-order valence-electron chi connectivity index (χ3n) is 3.69. The molecule has 1 unspecified atom stereocenters. The van der Waals surface area contributed by atoms with Crippen LogP contribution in [0.3, 0.4) is 0 Å². The highest BCUT2D eigenvalue weighted by molar-refractivity contribution is 14.1. The monoisotopic (exact) mass is 445 g/mol. The lowest BCUT2D eigenvalue weighted by atomic mass is 9.88. The first-order valence-corrected chi connectivity index (χ1v) is 8.48. The molecule has 104 valence electrons. The van der Waals surface area contributed by atoms with Crippen LogP contribution in [0, 0.1) is 9.39 Å². The zero-order valence-corrected chi connectivity index (χ0v) is 14.5. The minimum Gasteiger partial charge on any atom is -0.381 e. The van der Waals surface area contributed by atoms with Gasteiger partial charge in [-0.3, -0.25) is 0 Å². The van der Waals surface area contributed by atoms with Crippen molar-refractivity contribution in [2.45, 2.75) is 25.3 Å². The summed E-state index contributed by atoms with van der Waals surface area (Å²) >= 11 is 5.70. The fraction of sp³-hybridized carbons (Fsp3) is 0.250. The van der Waals surface area contributed by atoms with E-state index in [9.17, 15) is 4.39 Å². The molecule has 0 fully saturated rings. The van der Waals surface area contributed by atoms with E-state index in [-0.39, 0.29) is 5.82 Å². The summed E-state index contributed by atoms with van der Waals surface area (Å²) in [7, 11) is 0. The maximum atomic E-state index is 13.1. The predicted molar refractivity (Wildman–Crippen MR) is 92.7 cm³/mol. The maximum absolute atomic E-state index is 13.1. The van der Waals surface area contributed by atoms with E-state index in [1.54, 1.807) is 6.07 Å². The fourth-order valence-electron chi connectivity index (χ4n) is 2.67. The van der Waals surface area contributed by atoms with Crippen LogP contribution in [0.2, 0.25) is 0 Å². The van der Waals surface area contributed by atoms with Crippen molar-refractivity contribution >= 4 is 44.2 Å². The molecule has 3 rings (SSSR count). The first kappa shape index (κ1) is 14.3. The highest BCUT2D eigenvalue weighted by Crippen LogP contribution is 2.28. The van der Waals surface area contributed by atoms with Gasteiger partial charge in [0.1, 0.15) is 5.82 Å². The van der Waals surface area contributed by atoms with E-state index in [1.165, 1.54) is 17.2 Å². The second-order valence-electron chi connectivity index (χ2n) is 5.12. The van der Waals surface area contributed by atoms with Crippen LogP contribution in [0.15, 0.2) is 40.9 Å². The van der Waals surface area contributed by atoms with E-state index in [0.29, 0.717) is 6.04 Å². The normalized spacial score (nSPS) is 17.6. The molecule has 1 aliphatic rings. The van der Waals surface area contributed by atoms with Gasteiger partial charge in [0.2, 0.25) is 0 Å². The summed E-state index contributed by atoms with van der Waals surface area (Å²) in [6.07, 6.45) is 3.22. The van der Waals surface area contributed by atoms with Crippen LogP contribution in [0.25, 0.3) is 0 Å². The molecule has 1 N–H and O–H groups in total. The van der Waals surface area contributed by atoms with Gasteiger partial charge in [0.05, 0.1) is 0 Å². The van der Waals surface area contributed by atoms with Crippen molar-refractivity contribution in [2.75, 3.05) is 5.32 Å². The SMILES string of the molecule is Fc1ccc(NC2CCc3cc(Br)ccc3C2)c(I)c1. The van der Waals surface area contributed by atoms with Crippen molar-refractivity contribution in [1.82, 2.24) is 0 Å². The van der Waals surface area contributed by atoms with Gasteiger partial charge in [0.25, 0.3) is 0 Å². The zero-order chi connectivity index (χ0) is 14.1. The third kappa shape index (κ3) is 3.17. The van der Waals surface area contributed by atoms with Crippen molar-refractivity contribution in [3.8, 4) is 0 Å². The molecule has 0 bridgehead atoms. The second-order valence-corrected chi connectivity index (χ2v) is 7.20. The van der Waals surface area contributed by atoms with E-state index in [0.717, 1.165) is 33.0 Å². The Morgan fingerprint density at radius 3 is 2.80 bits per heavy atom. The van der Waals surface area contributed by atoms with Crippen LogP contribution in [-0.4, -0.2) is 6.04 Å². The smallest absolute Gasteiger partial charge is 0.124 e. The van der Waals surface area contributed by atoms with Crippen LogP contribution < -0.4 is 5.32 Å². The molecule has 1 aliphatic carbocycles. The highest BCUT2D eigenvalue weighted by Gasteiger charge is 2.19. The first-order valence-electron chi connectivity index (χ1n) is 6.61. The van der Waals surface area contributed by atoms with Gasteiger partial charge in [-0.1, -0.05) is 22.0 Å². The molecule has 20 heavy (non-hydrogen) atoms. The van der Waals surface area contributed by atoms with Gasteiger partial charge in [-0.05, 0) is 83.3 Å². The Hall–Kier alpha value is -0.620. The van der Waals surface area contributed by atoms with Crippen molar-refractivity contribution in [3.05, 3.63) is 61.4 Å². The lowest BCUT2D eigenvalue weighted by Gasteiger charge is -2.27. The van der Waals surface area contributed by atoms with Crippen LogP contribution >= 0.6 is 38.5 Å². The number of benzene rings is 2. The largest absolute Gasteiger partial charge is 0.381 e. The van der Waals surface area contributed by atoms with Crippen LogP contribution in [0.5, 0.6) is 0 Å². The first-order chi connectivity index (χ1) is 9.61. The Balaban J connectivity index is 1.75. The number of halogens is 3. The average molecular weight is 446 g/mol. The number of nitrogens with one attached hydrogen (secondary N) is 1. The molecule has 4 heteroatoms. The Morgan fingerprint density at radius 1 is 1.15 bits per heavy atom. The van der Waals surface area contributed by atoms with E-state index in [2.05, 4.69) is 62.0 Å². The molecule has 0 aromatic heterocycles. The van der Waals surface area contributed by atoms with Crippen LogP contribution in [0.4, 0.5) is 10.1 Å². The molecule has 0 saturated carbocycles. The number of anilines is 1. The van der Waals surface area contributed by atoms with E-state index >= 15 is 0 Å². The predicted octanol–water partition coefficient (Wildman–Crippen LogP) is 5.16. The second kappa shape index (κ2) is 6.02. The molecule has 1 nitrogen and oxygen atoms in total. The summed E-state index contributed by atoms with van der Waals surface area (Å²) in [6.45, 7) is 0. The van der Waals surface area contributed by atoms with Crippen molar-refractivity contribution in [1.29, 1.82) is 0 Å². The van der Waals surface area contributed by atoms with Gasteiger partial charge in [0.15, 0.2) is 0 Å². The van der Waals surface area contributed by atoms with Crippen molar-refractivity contribution in [2.24, 2.45) is 0 Å². The zero-order valence-electron chi connectivity index (χ0n) is 10.8. The van der Waals surface area contributed by atoms with Gasteiger partial charge >= 0.3 is 0 Å². The number of aryl methyl sites for hydroxylation is 1. The Kier molecular flexibility index (Phi) is 4.31. The molecule has 0 heterocycles. The van der Waals surface area contributed by atoms with Crippen molar-refractivity contribution in [3.63, 3.8) is 0 Å². The van der Waals surface area contributed by atoms with E-state index in [1.807, 2.05) is 6.07 Å². The molecule has 0 aliphatic heterocycles. The summed E-state index contributed by atoms with van der Waals surface area (Å²) in [6, 6.07) is 11.8. The van der Waals surface area contributed by atoms with Gasteiger partial charge in [-0.25, -0.2) is 4.39 Å². The molecule has 0 spiro atoms. The summed E-state index contributed by atoms with van der Waals surface area (Å²) in [4.78, 5) is 0. The number of fused-ring (bicyclic) bond motifs is 1. The molecule has 0 saturated heterocycles. The quantitative estimate of drug-likeness (QED) is 0.629. The molecule has 2 aromatic rings. The third-order valence-corrected chi connectivity index (χ3v) is 5.07. The summed E-state index contributed by atoms with van der Waals surface area (Å²) < 4.78 is 15.2. The summed E-state index contributed by atoms with van der Waals surface area (Å²) in [5.41, 5.74) is 3.87. The maximum Gasteiger partial charge on any atom is 0.124 e. The number of rotatable bonds is 2. The summed E-state index contributed by atoms with van der Waals surface area (Å²) in [5, 5.41) is 3.55. The Labute approximate surface area is 140 Å². The number of hydrogen-bond acceptors (Lipinski definition) is 1. The van der Waals surface area contributed by atoms with Gasteiger partial charge in [-0.2, -0.15) is 0 Å². The van der Waals surface area contributed by atoms with Crippen molar-refractivity contribution < 1.29 is 4.39 Å². The Bertz CT molecular complexity index is 644. The highest BCUT2D eigenvalue weighted by atomic mass is 127. The van der Waals surface area contributed by atoms with Gasteiger partial charge in [-0.15, -0.1) is 0 Å². The van der Waals surface area contributed by atoms with E-state index in [4.69, 9.17) is 0 Å². The standard InChI is InChI=1S/C16H14BrFIN/c17-12-3-1-11-8-14(5-2-10(11)7-12)20-16-6-4-13(18)9-15(16)19/h1,3-4,6-7,9,14,20H,2,5,8H2. The van der Waals surface area contributed by atoms with Gasteiger partial charge in [0, 0.05) is 19.8 Å². The molecule has 0 amide bonds. The van der Waals surface area contributed by atoms with Crippen LogP contribution in [0.1, 0.15) is 17.5 Å². The minimum absolute atomic E-state index is 0.182. The average Bonchev–Trinajstić information content (AvgIpc) is 2.42. The molecule has 2 aromatic carbocycles. The molecular weight excluding hydrogens is 432 g/mol. The lowest BCUT2D eigenvalue weighted by Crippen LogP contribution is -2.27. The lowest BCUT2D eigenvalue weighted by molar-refractivity contribution is 0.608. The fourth-order valence-corrected chi connectivity index (χ4v) is 3.71. The summed E-state index contributed by atoms with van der Waals surface area (Å²) in [5.74, 6) is -0.182. The topological polar surface area (TPSA) is 12.0 Å². The molecular formula is C16H14BrFIN.